The number of quaternary nitrogens is 1. The van der Waals surface area contributed by atoms with Crippen LogP contribution in [0.1, 0.15) is 174 Å². The van der Waals surface area contributed by atoms with E-state index in [4.69, 9.17) is 14.2 Å². The fraction of sp³-hybridized carbons (Fsp3) is 0.729. The Morgan fingerprint density at radius 3 is 1.52 bits per heavy atom. The maximum Gasteiger partial charge on any atom is 0.362 e. The molecule has 0 saturated heterocycles. The molecule has 2 atom stereocenters. The highest BCUT2D eigenvalue weighted by atomic mass is 16.6. The first-order chi connectivity index (χ1) is 27.1. The number of carboxylic acid groups (broad SMARTS) is 1. The number of carbonyl (C=O) groups excluding carboxylic acids is 2. The van der Waals surface area contributed by atoms with Gasteiger partial charge in [-0.05, 0) is 77.0 Å². The molecule has 2 unspecified atom stereocenters. The molecule has 0 aliphatic rings. The van der Waals surface area contributed by atoms with Gasteiger partial charge in [0, 0.05) is 19.3 Å². The highest BCUT2D eigenvalue weighted by Gasteiger charge is 2.31. The molecule has 0 aromatic rings. The van der Waals surface area contributed by atoms with Crippen LogP contribution in [0.5, 0.6) is 0 Å². The third kappa shape index (κ3) is 36.7. The van der Waals surface area contributed by atoms with Crippen LogP contribution < -0.4 is 0 Å². The van der Waals surface area contributed by atoms with Gasteiger partial charge in [0.1, 0.15) is 6.61 Å². The lowest BCUT2D eigenvalue weighted by Gasteiger charge is -2.31. The van der Waals surface area contributed by atoms with E-state index in [9.17, 15) is 19.5 Å². The first-order valence-corrected chi connectivity index (χ1v) is 22.3. The standard InChI is InChI=1S/C48H83NO7/c1-6-8-10-12-14-16-18-20-22-24-26-28-30-32-34-36-38-46(50)55-43-44(42-54-41-40-45(48(52)53)49(3,4)5)56-47(51)39-37-35-33-31-29-27-25-23-21-19-17-15-13-11-9-7-2/h8,10,14,16,20,22-23,25-26,28,44-45H,6-7,9,11-13,15,17-19,21,24,27,29-43H2,1-5H3/p+1/b10-8+,16-14+,22-20+,25-23+,28-26+. The molecule has 0 rings (SSSR count). The Hall–Kier alpha value is -2.97. The molecule has 0 aliphatic heterocycles. The number of carbonyl (C=O) groups is 3. The van der Waals surface area contributed by atoms with Crippen molar-refractivity contribution in [2.24, 2.45) is 0 Å². The summed E-state index contributed by atoms with van der Waals surface area (Å²) in [7, 11) is 5.51. The molecular weight excluding hydrogens is 703 g/mol. The summed E-state index contributed by atoms with van der Waals surface area (Å²) in [6.45, 7) is 4.57. The van der Waals surface area contributed by atoms with Crippen molar-refractivity contribution in [1.82, 2.24) is 0 Å². The second kappa shape index (κ2) is 38.9. The summed E-state index contributed by atoms with van der Waals surface area (Å²) in [5, 5.41) is 9.62. The van der Waals surface area contributed by atoms with Crippen LogP contribution in [0, 0.1) is 0 Å². The number of hydrogen-bond donors (Lipinski definition) is 1. The highest BCUT2D eigenvalue weighted by Crippen LogP contribution is 2.13. The molecule has 0 fully saturated rings. The molecule has 0 aromatic carbocycles. The van der Waals surface area contributed by atoms with Crippen molar-refractivity contribution in [3.63, 3.8) is 0 Å². The average Bonchev–Trinajstić information content (AvgIpc) is 3.15. The van der Waals surface area contributed by atoms with E-state index in [1.807, 2.05) is 21.1 Å². The molecule has 1 N–H and O–H groups in total. The molecule has 56 heavy (non-hydrogen) atoms. The predicted molar refractivity (Wildman–Crippen MR) is 234 cm³/mol. The number of unbranched alkanes of at least 4 members (excludes halogenated alkanes) is 15. The Kier molecular flexibility index (Phi) is 36.8. The van der Waals surface area contributed by atoms with Crippen LogP contribution >= 0.6 is 0 Å². The van der Waals surface area contributed by atoms with E-state index >= 15 is 0 Å². The molecule has 0 spiro atoms. The highest BCUT2D eigenvalue weighted by molar-refractivity contribution is 5.72. The van der Waals surface area contributed by atoms with E-state index in [-0.39, 0.29) is 36.2 Å². The number of hydrogen-bond acceptors (Lipinski definition) is 6. The molecule has 0 aromatic heterocycles. The molecule has 0 amide bonds. The number of nitrogens with zero attached hydrogens (tertiary/aromatic N) is 1. The van der Waals surface area contributed by atoms with E-state index < -0.39 is 18.1 Å². The number of aliphatic carboxylic acids is 1. The van der Waals surface area contributed by atoms with Crippen LogP contribution in [0.3, 0.4) is 0 Å². The van der Waals surface area contributed by atoms with E-state index in [1.54, 1.807) is 0 Å². The van der Waals surface area contributed by atoms with Gasteiger partial charge >= 0.3 is 17.9 Å². The quantitative estimate of drug-likeness (QED) is 0.0287. The van der Waals surface area contributed by atoms with Gasteiger partial charge < -0.3 is 23.8 Å². The molecule has 0 heterocycles. The lowest BCUT2D eigenvalue weighted by atomic mass is 10.1. The molecule has 8 nitrogen and oxygen atoms in total. The van der Waals surface area contributed by atoms with Crippen molar-refractivity contribution < 1.29 is 38.2 Å². The van der Waals surface area contributed by atoms with Gasteiger partial charge in [-0.25, -0.2) is 4.79 Å². The van der Waals surface area contributed by atoms with Crippen LogP contribution in [0.15, 0.2) is 60.8 Å². The van der Waals surface area contributed by atoms with Crippen LogP contribution in [0.4, 0.5) is 0 Å². The lowest BCUT2D eigenvalue weighted by molar-refractivity contribution is -0.887. The minimum absolute atomic E-state index is 0.0455. The maximum atomic E-state index is 12.7. The van der Waals surface area contributed by atoms with Crippen molar-refractivity contribution in [2.75, 3.05) is 41.0 Å². The predicted octanol–water partition coefficient (Wildman–Crippen LogP) is 12.2. The number of esters is 2. The zero-order chi connectivity index (χ0) is 41.4. The fourth-order valence-electron chi connectivity index (χ4n) is 6.19. The molecule has 0 bridgehead atoms. The van der Waals surface area contributed by atoms with Gasteiger partial charge in [0.2, 0.25) is 0 Å². The Labute approximate surface area is 343 Å². The van der Waals surface area contributed by atoms with Gasteiger partial charge in [-0.1, -0.05) is 139 Å². The van der Waals surface area contributed by atoms with Gasteiger partial charge in [-0.15, -0.1) is 0 Å². The summed E-state index contributed by atoms with van der Waals surface area (Å²) in [4.78, 5) is 37.0. The van der Waals surface area contributed by atoms with Crippen molar-refractivity contribution >= 4 is 17.9 Å². The van der Waals surface area contributed by atoms with Crippen molar-refractivity contribution in [3.8, 4) is 0 Å². The summed E-state index contributed by atoms with van der Waals surface area (Å²) in [6, 6.07) is -0.623. The summed E-state index contributed by atoms with van der Waals surface area (Å²) in [5.74, 6) is -1.52. The summed E-state index contributed by atoms with van der Waals surface area (Å²) < 4.78 is 17.2. The van der Waals surface area contributed by atoms with Gasteiger partial charge in [0.25, 0.3) is 0 Å². The van der Waals surface area contributed by atoms with E-state index in [1.165, 1.54) is 57.8 Å². The topological polar surface area (TPSA) is 99.1 Å². The molecule has 322 valence electrons. The van der Waals surface area contributed by atoms with Gasteiger partial charge in [-0.2, -0.15) is 0 Å². The number of rotatable bonds is 39. The van der Waals surface area contributed by atoms with Crippen molar-refractivity contribution in [2.45, 2.75) is 187 Å². The van der Waals surface area contributed by atoms with E-state index in [0.29, 0.717) is 19.3 Å². The van der Waals surface area contributed by atoms with Crippen molar-refractivity contribution in [3.05, 3.63) is 60.8 Å². The van der Waals surface area contributed by atoms with E-state index in [0.717, 1.165) is 83.5 Å². The second-order valence-corrected chi connectivity index (χ2v) is 15.9. The second-order valence-electron chi connectivity index (χ2n) is 15.9. The zero-order valence-corrected chi connectivity index (χ0v) is 36.6. The minimum Gasteiger partial charge on any atom is -0.477 e. The van der Waals surface area contributed by atoms with Crippen LogP contribution in [0.2, 0.25) is 0 Å². The first kappa shape index (κ1) is 53.0. The number of likely N-dealkylation sites (N-methyl/N-ethyl adjacent to an activating group) is 1. The molecule has 0 radical (unpaired) electrons. The lowest BCUT2D eigenvalue weighted by Crippen LogP contribution is -2.50. The van der Waals surface area contributed by atoms with Gasteiger partial charge in [-0.3, -0.25) is 9.59 Å². The molecule has 0 aliphatic carbocycles. The Bertz CT molecular complexity index is 1100. The minimum atomic E-state index is -0.883. The van der Waals surface area contributed by atoms with Crippen LogP contribution in [0.25, 0.3) is 0 Å². The zero-order valence-electron chi connectivity index (χ0n) is 36.6. The summed E-state index contributed by atoms with van der Waals surface area (Å²) >= 11 is 0. The van der Waals surface area contributed by atoms with Gasteiger partial charge in [0.15, 0.2) is 12.1 Å². The Morgan fingerprint density at radius 2 is 1.00 bits per heavy atom. The van der Waals surface area contributed by atoms with Crippen LogP contribution in [-0.2, 0) is 28.6 Å². The average molecular weight is 787 g/mol. The normalized spacial score (nSPS) is 13.5. The van der Waals surface area contributed by atoms with Crippen molar-refractivity contribution in [1.29, 1.82) is 0 Å². The fourth-order valence-corrected chi connectivity index (χ4v) is 6.19. The molecule has 0 saturated carbocycles. The number of carboxylic acids is 1. The molecular formula is C48H84NO7+. The Morgan fingerprint density at radius 1 is 0.554 bits per heavy atom. The molecule has 8 heteroatoms. The summed E-state index contributed by atoms with van der Waals surface area (Å²) in [5.41, 5.74) is 0. The summed E-state index contributed by atoms with van der Waals surface area (Å²) in [6.07, 6.45) is 46.9. The van der Waals surface area contributed by atoms with E-state index in [2.05, 4.69) is 74.6 Å². The smallest absolute Gasteiger partial charge is 0.362 e. The number of ether oxygens (including phenoxy) is 3. The van der Waals surface area contributed by atoms with Crippen LogP contribution in [-0.4, -0.2) is 80.6 Å². The third-order valence-corrected chi connectivity index (χ3v) is 9.65. The third-order valence-electron chi connectivity index (χ3n) is 9.65. The first-order valence-electron chi connectivity index (χ1n) is 22.3. The number of allylic oxidation sites excluding steroid dienone is 10. The van der Waals surface area contributed by atoms with Gasteiger partial charge in [0.05, 0.1) is 34.4 Å². The maximum absolute atomic E-state index is 12.7. The SMILES string of the molecule is CC/C=C/C/C=C/C/C=C/C/C=C/CCCCCC(=O)OCC(COCCC(C(=O)O)[N+](C)(C)C)OC(=O)CCCCCCC/C=C/CCCCCCCCC. The monoisotopic (exact) mass is 787 g/mol. The Balaban J connectivity index is 4.42. The largest absolute Gasteiger partial charge is 0.477 e.